The molecule has 0 spiro atoms. The quantitative estimate of drug-likeness (QED) is 0.811. The highest BCUT2D eigenvalue weighted by molar-refractivity contribution is 5.30. The van der Waals surface area contributed by atoms with Crippen LogP contribution in [0.25, 0.3) is 0 Å². The van der Waals surface area contributed by atoms with Crippen molar-refractivity contribution in [3.63, 3.8) is 0 Å². The van der Waals surface area contributed by atoms with Gasteiger partial charge in [-0.05, 0) is 55.3 Å². The maximum atomic E-state index is 12.8. The average molecular weight is 287 g/mol. The van der Waals surface area contributed by atoms with Crippen molar-refractivity contribution in [3.05, 3.63) is 65.5 Å². The summed E-state index contributed by atoms with van der Waals surface area (Å²) in [4.78, 5) is 0. The van der Waals surface area contributed by atoms with Crippen molar-refractivity contribution < 1.29 is 9.13 Å². The predicted octanol–water partition coefficient (Wildman–Crippen LogP) is 4.47. The maximum absolute atomic E-state index is 12.8. The minimum atomic E-state index is -0.225. The van der Waals surface area contributed by atoms with Gasteiger partial charge in [0.15, 0.2) is 0 Å². The Morgan fingerprint density at radius 2 is 1.90 bits per heavy atom. The molecule has 21 heavy (non-hydrogen) atoms. The summed E-state index contributed by atoms with van der Waals surface area (Å²) in [5.41, 5.74) is 2.17. The molecule has 0 bridgehead atoms. The van der Waals surface area contributed by atoms with Crippen LogP contribution in [0.5, 0.6) is 5.75 Å². The molecule has 0 radical (unpaired) electrons. The zero-order valence-electron chi connectivity index (χ0n) is 12.6. The molecular weight excluding hydrogens is 265 g/mol. The van der Waals surface area contributed by atoms with Crippen LogP contribution < -0.4 is 10.1 Å². The van der Waals surface area contributed by atoms with Gasteiger partial charge in [0.25, 0.3) is 0 Å². The number of hydrogen-bond acceptors (Lipinski definition) is 2. The van der Waals surface area contributed by atoms with E-state index >= 15 is 0 Å². The van der Waals surface area contributed by atoms with E-state index in [1.807, 2.05) is 12.1 Å². The van der Waals surface area contributed by atoms with Crippen molar-refractivity contribution >= 4 is 0 Å². The molecule has 0 saturated carbocycles. The molecule has 0 aromatic heterocycles. The summed E-state index contributed by atoms with van der Waals surface area (Å²) in [6.07, 6.45) is 1.12. The lowest BCUT2D eigenvalue weighted by atomic mass is 10.1. The smallest absolute Gasteiger partial charge is 0.123 e. The fourth-order valence-electron chi connectivity index (χ4n) is 2.10. The summed E-state index contributed by atoms with van der Waals surface area (Å²) >= 11 is 0. The monoisotopic (exact) mass is 287 g/mol. The van der Waals surface area contributed by atoms with Gasteiger partial charge < -0.3 is 10.1 Å². The molecule has 2 nitrogen and oxygen atoms in total. The lowest BCUT2D eigenvalue weighted by Gasteiger charge is -2.15. The van der Waals surface area contributed by atoms with Gasteiger partial charge in [0.05, 0.1) is 0 Å². The van der Waals surface area contributed by atoms with Crippen molar-refractivity contribution in [1.82, 2.24) is 5.32 Å². The topological polar surface area (TPSA) is 21.3 Å². The van der Waals surface area contributed by atoms with Crippen LogP contribution in [-0.2, 0) is 6.61 Å². The molecular formula is C18H22FNO. The average Bonchev–Trinajstić information content (AvgIpc) is 2.52. The maximum Gasteiger partial charge on any atom is 0.123 e. The third-order valence-electron chi connectivity index (χ3n) is 3.38. The number of benzene rings is 2. The van der Waals surface area contributed by atoms with Crippen LogP contribution in [0.4, 0.5) is 4.39 Å². The van der Waals surface area contributed by atoms with Gasteiger partial charge in [0.2, 0.25) is 0 Å². The molecule has 0 aliphatic heterocycles. The first-order chi connectivity index (χ1) is 10.2. The van der Waals surface area contributed by atoms with Crippen LogP contribution in [0.15, 0.2) is 48.5 Å². The van der Waals surface area contributed by atoms with E-state index in [1.54, 1.807) is 12.1 Å². The van der Waals surface area contributed by atoms with Gasteiger partial charge in [-0.2, -0.15) is 0 Å². The first-order valence-electron chi connectivity index (χ1n) is 7.39. The summed E-state index contributed by atoms with van der Waals surface area (Å²) in [6.45, 7) is 5.75. The first kappa shape index (κ1) is 15.5. The highest BCUT2D eigenvalue weighted by Gasteiger charge is 2.05. The Bertz CT molecular complexity index is 553. The second-order valence-electron chi connectivity index (χ2n) is 5.16. The van der Waals surface area contributed by atoms with E-state index in [9.17, 15) is 4.39 Å². The standard InChI is InChI=1S/C18H22FNO/c1-3-11-20-14(2)16-5-4-6-18(12-16)21-13-15-7-9-17(19)10-8-15/h4-10,12,14,20H,3,11,13H2,1-2H3. The highest BCUT2D eigenvalue weighted by Crippen LogP contribution is 2.20. The van der Waals surface area contributed by atoms with Gasteiger partial charge in [0, 0.05) is 6.04 Å². The van der Waals surface area contributed by atoms with E-state index < -0.39 is 0 Å². The normalized spacial score (nSPS) is 12.1. The molecule has 112 valence electrons. The molecule has 2 aromatic rings. The summed E-state index contributed by atoms with van der Waals surface area (Å²) in [6, 6.07) is 14.8. The van der Waals surface area contributed by atoms with Crippen molar-refractivity contribution in [2.45, 2.75) is 32.9 Å². The first-order valence-corrected chi connectivity index (χ1v) is 7.39. The molecule has 2 aromatic carbocycles. The van der Waals surface area contributed by atoms with E-state index in [-0.39, 0.29) is 5.82 Å². The van der Waals surface area contributed by atoms with Crippen LogP contribution in [0.1, 0.15) is 37.4 Å². The van der Waals surface area contributed by atoms with Gasteiger partial charge in [0.1, 0.15) is 18.2 Å². The number of ether oxygens (including phenoxy) is 1. The summed E-state index contributed by atoms with van der Waals surface area (Å²) < 4.78 is 18.6. The highest BCUT2D eigenvalue weighted by atomic mass is 19.1. The van der Waals surface area contributed by atoms with Crippen LogP contribution in [-0.4, -0.2) is 6.54 Å². The van der Waals surface area contributed by atoms with Crippen LogP contribution in [0.2, 0.25) is 0 Å². The minimum Gasteiger partial charge on any atom is -0.489 e. The van der Waals surface area contributed by atoms with E-state index in [2.05, 4.69) is 31.3 Å². The fraction of sp³-hybridized carbons (Fsp3) is 0.333. The Labute approximate surface area is 126 Å². The van der Waals surface area contributed by atoms with Crippen LogP contribution in [0, 0.1) is 5.82 Å². The predicted molar refractivity (Wildman–Crippen MR) is 83.9 cm³/mol. The second-order valence-corrected chi connectivity index (χ2v) is 5.16. The van der Waals surface area contributed by atoms with Gasteiger partial charge in [-0.25, -0.2) is 4.39 Å². The lowest BCUT2D eigenvalue weighted by Crippen LogP contribution is -2.19. The third-order valence-corrected chi connectivity index (χ3v) is 3.38. The summed E-state index contributed by atoms with van der Waals surface area (Å²) in [5, 5.41) is 3.46. The zero-order valence-corrected chi connectivity index (χ0v) is 12.6. The van der Waals surface area contributed by atoms with E-state index in [0.717, 1.165) is 24.3 Å². The Hall–Kier alpha value is -1.87. The van der Waals surface area contributed by atoms with Gasteiger partial charge in [-0.1, -0.05) is 31.2 Å². The number of hydrogen-bond donors (Lipinski definition) is 1. The largest absolute Gasteiger partial charge is 0.489 e. The Morgan fingerprint density at radius 3 is 2.62 bits per heavy atom. The molecule has 0 fully saturated rings. The second kappa shape index (κ2) is 7.79. The molecule has 2 rings (SSSR count). The van der Waals surface area contributed by atoms with Crippen molar-refractivity contribution in [2.24, 2.45) is 0 Å². The van der Waals surface area contributed by atoms with Crippen LogP contribution in [0.3, 0.4) is 0 Å². The summed E-state index contributed by atoms with van der Waals surface area (Å²) in [5.74, 6) is 0.610. The summed E-state index contributed by atoms with van der Waals surface area (Å²) in [7, 11) is 0. The third kappa shape index (κ3) is 4.87. The Kier molecular flexibility index (Phi) is 5.76. The molecule has 0 aliphatic carbocycles. The van der Waals surface area contributed by atoms with E-state index in [1.165, 1.54) is 17.7 Å². The van der Waals surface area contributed by atoms with Gasteiger partial charge in [-0.3, -0.25) is 0 Å². The lowest BCUT2D eigenvalue weighted by molar-refractivity contribution is 0.305. The van der Waals surface area contributed by atoms with Crippen LogP contribution >= 0.6 is 0 Å². The molecule has 1 unspecified atom stereocenters. The molecule has 0 saturated heterocycles. The number of halogens is 1. The van der Waals surface area contributed by atoms with E-state index in [4.69, 9.17) is 4.74 Å². The molecule has 0 heterocycles. The zero-order chi connectivity index (χ0) is 15.1. The molecule has 3 heteroatoms. The number of rotatable bonds is 7. The van der Waals surface area contributed by atoms with Crippen molar-refractivity contribution in [3.8, 4) is 5.75 Å². The van der Waals surface area contributed by atoms with Crippen molar-refractivity contribution in [2.75, 3.05) is 6.54 Å². The molecule has 0 aliphatic rings. The Morgan fingerprint density at radius 1 is 1.14 bits per heavy atom. The van der Waals surface area contributed by atoms with Gasteiger partial charge >= 0.3 is 0 Å². The Balaban J connectivity index is 1.95. The van der Waals surface area contributed by atoms with Gasteiger partial charge in [-0.15, -0.1) is 0 Å². The molecule has 1 atom stereocenters. The fourth-order valence-corrected chi connectivity index (χ4v) is 2.10. The number of nitrogens with one attached hydrogen (secondary N) is 1. The molecule has 0 amide bonds. The molecule has 1 N–H and O–H groups in total. The van der Waals surface area contributed by atoms with E-state index in [0.29, 0.717) is 12.6 Å². The van der Waals surface area contributed by atoms with Crippen molar-refractivity contribution in [1.29, 1.82) is 0 Å². The minimum absolute atomic E-state index is 0.225. The SMILES string of the molecule is CCCNC(C)c1cccc(OCc2ccc(F)cc2)c1.